The molecule has 0 aliphatic rings. The molecule has 0 bridgehead atoms. The Morgan fingerprint density at radius 3 is 2.77 bits per heavy atom. The first-order valence-electron chi connectivity index (χ1n) is 10.6. The summed E-state index contributed by atoms with van der Waals surface area (Å²) in [5.41, 5.74) is 2.78. The minimum absolute atomic E-state index is 0.110. The van der Waals surface area contributed by atoms with Gasteiger partial charge in [-0.2, -0.15) is 0 Å². The van der Waals surface area contributed by atoms with Gasteiger partial charge < -0.3 is 19.1 Å². The summed E-state index contributed by atoms with van der Waals surface area (Å²) < 4.78 is 11.5. The van der Waals surface area contributed by atoms with Crippen molar-refractivity contribution in [2.24, 2.45) is 0 Å². The van der Waals surface area contributed by atoms with E-state index in [9.17, 15) is 4.79 Å². The van der Waals surface area contributed by atoms with Crippen molar-refractivity contribution in [3.8, 4) is 0 Å². The van der Waals surface area contributed by atoms with Crippen molar-refractivity contribution in [1.29, 1.82) is 0 Å². The molecule has 3 aromatic rings. The monoisotopic (exact) mass is 429 g/mol. The third-order valence-corrected chi connectivity index (χ3v) is 5.98. The number of hydrogen-bond donors (Lipinski definition) is 1. The number of oxazole rings is 1. The van der Waals surface area contributed by atoms with E-state index in [-0.39, 0.29) is 11.9 Å². The van der Waals surface area contributed by atoms with E-state index < -0.39 is 0 Å². The highest BCUT2D eigenvalue weighted by Gasteiger charge is 2.15. The summed E-state index contributed by atoms with van der Waals surface area (Å²) in [6.45, 7) is 11.6. The van der Waals surface area contributed by atoms with Gasteiger partial charge in [-0.25, -0.2) is 4.98 Å². The molecule has 0 saturated heterocycles. The Bertz CT molecular complexity index is 962. The van der Waals surface area contributed by atoms with Crippen LogP contribution >= 0.6 is 11.8 Å². The molecule has 1 amide bonds. The first kappa shape index (κ1) is 22.4. The number of thioether (sulfide) groups is 1. The minimum atomic E-state index is -0.168. The summed E-state index contributed by atoms with van der Waals surface area (Å²) >= 11 is 1.45. The largest absolute Gasteiger partial charge is 0.455 e. The zero-order valence-electron chi connectivity index (χ0n) is 18.2. The van der Waals surface area contributed by atoms with Crippen molar-refractivity contribution in [2.75, 3.05) is 19.6 Å². The van der Waals surface area contributed by atoms with Gasteiger partial charge >= 0.3 is 0 Å². The first-order chi connectivity index (χ1) is 14.5. The number of rotatable bonds is 11. The average Bonchev–Trinajstić information content (AvgIpc) is 3.36. The van der Waals surface area contributed by atoms with Crippen LogP contribution in [0.1, 0.15) is 55.5 Å². The minimum Gasteiger partial charge on any atom is -0.455 e. The fourth-order valence-electron chi connectivity index (χ4n) is 3.32. The summed E-state index contributed by atoms with van der Waals surface area (Å²) in [7, 11) is 0. The Morgan fingerprint density at radius 2 is 2.00 bits per heavy atom. The van der Waals surface area contributed by atoms with Gasteiger partial charge in [-0.05, 0) is 76.2 Å². The maximum absolute atomic E-state index is 12.4. The van der Waals surface area contributed by atoms with Crippen molar-refractivity contribution in [1.82, 2.24) is 15.2 Å². The topological polar surface area (TPSA) is 71.5 Å². The van der Waals surface area contributed by atoms with Crippen molar-refractivity contribution in [3.63, 3.8) is 0 Å². The number of furan rings is 1. The molecular formula is C23H31N3O3S. The van der Waals surface area contributed by atoms with Gasteiger partial charge in [-0.1, -0.05) is 31.7 Å². The second-order valence-electron chi connectivity index (χ2n) is 7.55. The van der Waals surface area contributed by atoms with Gasteiger partial charge in [-0.3, -0.25) is 4.79 Å². The lowest BCUT2D eigenvalue weighted by molar-refractivity contribution is 0.0908. The summed E-state index contributed by atoms with van der Waals surface area (Å²) in [6, 6.07) is 9.61. The number of amides is 1. The molecular weight excluding hydrogens is 398 g/mol. The first-order valence-corrected chi connectivity index (χ1v) is 11.6. The molecule has 2 heterocycles. The van der Waals surface area contributed by atoms with E-state index >= 15 is 0 Å². The Balaban J connectivity index is 1.47. The van der Waals surface area contributed by atoms with Crippen LogP contribution in [0, 0.1) is 6.92 Å². The third kappa shape index (κ3) is 6.12. The molecule has 1 atom stereocenters. The number of hydrogen-bond acceptors (Lipinski definition) is 6. The quantitative estimate of drug-likeness (QED) is 0.419. The predicted molar refractivity (Wildman–Crippen MR) is 121 cm³/mol. The molecule has 0 spiro atoms. The molecule has 30 heavy (non-hydrogen) atoms. The Kier molecular flexibility index (Phi) is 7.99. The molecule has 0 saturated carbocycles. The van der Waals surface area contributed by atoms with Gasteiger partial charge in [0.25, 0.3) is 11.1 Å². The second-order valence-corrected chi connectivity index (χ2v) is 8.48. The van der Waals surface area contributed by atoms with Gasteiger partial charge in [0, 0.05) is 6.04 Å². The number of carbonyl (C=O) groups excluding carboxylic acids is 1. The average molecular weight is 430 g/mol. The number of fused-ring (bicyclic) bond motifs is 1. The van der Waals surface area contributed by atoms with Crippen LogP contribution in [0.15, 0.2) is 44.4 Å². The molecule has 0 aliphatic carbocycles. The number of nitrogens with zero attached hydrogens (tertiary/aromatic N) is 2. The van der Waals surface area contributed by atoms with Crippen molar-refractivity contribution < 1.29 is 13.6 Å². The van der Waals surface area contributed by atoms with Crippen LogP contribution in [-0.2, 0) is 5.75 Å². The van der Waals surface area contributed by atoms with Gasteiger partial charge in [0.15, 0.2) is 11.3 Å². The van der Waals surface area contributed by atoms with E-state index in [0.29, 0.717) is 16.7 Å². The van der Waals surface area contributed by atoms with E-state index in [4.69, 9.17) is 8.83 Å². The molecule has 0 unspecified atom stereocenters. The van der Waals surface area contributed by atoms with E-state index in [2.05, 4.69) is 29.0 Å². The van der Waals surface area contributed by atoms with Crippen LogP contribution in [0.2, 0.25) is 0 Å². The number of nitrogens with one attached hydrogen (secondary N) is 1. The SMILES string of the molecule is CCN(CC)CCC[C@@H](C)NC(=O)c1ccc(CSc2nc3cc(C)ccc3o2)o1. The maximum Gasteiger partial charge on any atom is 0.287 e. The van der Waals surface area contributed by atoms with E-state index in [1.807, 2.05) is 38.1 Å². The maximum atomic E-state index is 12.4. The van der Waals surface area contributed by atoms with Crippen LogP contribution in [0.25, 0.3) is 11.1 Å². The van der Waals surface area contributed by atoms with Crippen molar-refractivity contribution >= 4 is 28.8 Å². The Morgan fingerprint density at radius 1 is 1.20 bits per heavy atom. The van der Waals surface area contributed by atoms with E-state index in [1.54, 1.807) is 6.07 Å². The smallest absolute Gasteiger partial charge is 0.287 e. The molecule has 162 valence electrons. The molecule has 0 aliphatic heterocycles. The molecule has 2 aromatic heterocycles. The lowest BCUT2D eigenvalue weighted by Crippen LogP contribution is -2.33. The number of aromatic nitrogens is 1. The number of carbonyl (C=O) groups is 1. The fourth-order valence-corrected chi connectivity index (χ4v) is 4.05. The summed E-state index contributed by atoms with van der Waals surface area (Å²) in [5, 5.41) is 3.62. The van der Waals surface area contributed by atoms with Crippen LogP contribution in [0.4, 0.5) is 0 Å². The molecule has 1 aromatic carbocycles. The fraction of sp³-hybridized carbons (Fsp3) is 0.478. The lowest BCUT2D eigenvalue weighted by Gasteiger charge is -2.19. The predicted octanol–water partition coefficient (Wildman–Crippen LogP) is 5.26. The summed E-state index contributed by atoms with van der Waals surface area (Å²) in [5.74, 6) is 1.45. The van der Waals surface area contributed by atoms with Crippen LogP contribution in [-0.4, -0.2) is 41.5 Å². The highest BCUT2D eigenvalue weighted by atomic mass is 32.2. The zero-order valence-corrected chi connectivity index (χ0v) is 19.1. The standard InChI is InChI=1S/C23H31N3O3S/c1-5-26(6-2)13-7-8-17(4)24-22(27)21-12-10-18(28-21)15-30-23-25-19-14-16(3)9-11-20(19)29-23/h9-12,14,17H,5-8,13,15H2,1-4H3,(H,24,27)/t17-/m1/s1. The zero-order chi connectivity index (χ0) is 21.5. The van der Waals surface area contributed by atoms with E-state index in [1.165, 1.54) is 11.8 Å². The number of benzene rings is 1. The van der Waals surface area contributed by atoms with Crippen molar-refractivity contribution in [3.05, 3.63) is 47.4 Å². The van der Waals surface area contributed by atoms with E-state index in [0.717, 1.165) is 54.9 Å². The molecule has 7 heteroatoms. The third-order valence-electron chi connectivity index (χ3n) is 5.13. The Labute approximate surface area is 182 Å². The van der Waals surface area contributed by atoms with Crippen LogP contribution < -0.4 is 5.32 Å². The normalized spacial score (nSPS) is 12.6. The van der Waals surface area contributed by atoms with Crippen molar-refractivity contribution in [2.45, 2.75) is 57.6 Å². The van der Waals surface area contributed by atoms with Gasteiger partial charge in [-0.15, -0.1) is 0 Å². The number of aryl methyl sites for hydroxylation is 1. The second kappa shape index (κ2) is 10.7. The Hall–Kier alpha value is -2.25. The van der Waals surface area contributed by atoms with Gasteiger partial charge in [0.2, 0.25) is 0 Å². The highest BCUT2D eigenvalue weighted by Crippen LogP contribution is 2.27. The summed E-state index contributed by atoms with van der Waals surface area (Å²) in [6.07, 6.45) is 2.01. The highest BCUT2D eigenvalue weighted by molar-refractivity contribution is 7.98. The lowest BCUT2D eigenvalue weighted by atomic mass is 10.1. The molecule has 0 fully saturated rings. The molecule has 0 radical (unpaired) electrons. The summed E-state index contributed by atoms with van der Waals surface area (Å²) in [4.78, 5) is 19.3. The molecule has 3 rings (SSSR count). The molecule has 6 nitrogen and oxygen atoms in total. The van der Waals surface area contributed by atoms with Gasteiger partial charge in [0.05, 0.1) is 5.75 Å². The van der Waals surface area contributed by atoms with Crippen LogP contribution in [0.3, 0.4) is 0 Å². The molecule has 1 N–H and O–H groups in total. The van der Waals surface area contributed by atoms with Gasteiger partial charge in [0.1, 0.15) is 11.3 Å². The van der Waals surface area contributed by atoms with Crippen LogP contribution in [0.5, 0.6) is 0 Å².